The van der Waals surface area contributed by atoms with Crippen LogP contribution in [0.15, 0.2) is 22.7 Å². The Labute approximate surface area is 96.9 Å². The summed E-state index contributed by atoms with van der Waals surface area (Å²) in [7, 11) is 0. The van der Waals surface area contributed by atoms with E-state index in [0.29, 0.717) is 6.10 Å². The van der Waals surface area contributed by atoms with Gasteiger partial charge < -0.3 is 10.1 Å². The molecule has 0 radical (unpaired) electrons. The molecule has 15 heavy (non-hydrogen) atoms. The van der Waals surface area contributed by atoms with Crippen molar-refractivity contribution in [2.75, 3.05) is 18.5 Å². The van der Waals surface area contributed by atoms with Gasteiger partial charge >= 0.3 is 0 Å². The van der Waals surface area contributed by atoms with E-state index < -0.39 is 0 Å². The first-order valence-electron chi connectivity index (χ1n) is 5.06. The highest BCUT2D eigenvalue weighted by Crippen LogP contribution is 2.23. The van der Waals surface area contributed by atoms with Crippen molar-refractivity contribution in [3.63, 3.8) is 0 Å². The predicted molar refractivity (Wildman–Crippen MR) is 61.6 cm³/mol. The van der Waals surface area contributed by atoms with Gasteiger partial charge in [-0.3, -0.25) is 0 Å². The maximum atomic E-state index is 12.8. The average Bonchev–Trinajstić information content (AvgIpc) is 2.69. The summed E-state index contributed by atoms with van der Waals surface area (Å²) in [6.45, 7) is 1.64. The molecule has 1 saturated heterocycles. The highest BCUT2D eigenvalue weighted by molar-refractivity contribution is 9.10. The van der Waals surface area contributed by atoms with Crippen molar-refractivity contribution in [3.8, 4) is 0 Å². The molecule has 1 atom stereocenters. The lowest BCUT2D eigenvalue weighted by Gasteiger charge is -2.12. The van der Waals surface area contributed by atoms with E-state index in [1.54, 1.807) is 6.07 Å². The van der Waals surface area contributed by atoms with Gasteiger partial charge in [0, 0.05) is 23.3 Å². The smallest absolute Gasteiger partial charge is 0.124 e. The first-order chi connectivity index (χ1) is 7.25. The summed E-state index contributed by atoms with van der Waals surface area (Å²) in [4.78, 5) is 0. The molecule has 0 bridgehead atoms. The molecular weight excluding hydrogens is 261 g/mol. The van der Waals surface area contributed by atoms with Crippen LogP contribution < -0.4 is 5.32 Å². The van der Waals surface area contributed by atoms with Crippen molar-refractivity contribution >= 4 is 21.6 Å². The Bertz CT molecular complexity index is 339. The van der Waals surface area contributed by atoms with Crippen LogP contribution in [0.4, 0.5) is 10.1 Å². The normalized spacial score (nSPS) is 20.5. The topological polar surface area (TPSA) is 21.3 Å². The van der Waals surface area contributed by atoms with Crippen molar-refractivity contribution in [2.24, 2.45) is 0 Å². The van der Waals surface area contributed by atoms with E-state index in [4.69, 9.17) is 4.74 Å². The predicted octanol–water partition coefficient (Wildman–Crippen LogP) is 3.18. The number of halogens is 2. The van der Waals surface area contributed by atoms with Gasteiger partial charge in [-0.2, -0.15) is 0 Å². The number of hydrogen-bond donors (Lipinski definition) is 1. The first-order valence-corrected chi connectivity index (χ1v) is 5.85. The zero-order chi connectivity index (χ0) is 10.7. The molecule has 1 unspecified atom stereocenters. The van der Waals surface area contributed by atoms with Crippen LogP contribution in [-0.2, 0) is 4.74 Å². The van der Waals surface area contributed by atoms with Gasteiger partial charge in [0.2, 0.25) is 0 Å². The number of ether oxygens (including phenoxy) is 1. The van der Waals surface area contributed by atoms with Gasteiger partial charge in [0.1, 0.15) is 5.82 Å². The van der Waals surface area contributed by atoms with Crippen LogP contribution in [0.1, 0.15) is 12.8 Å². The Kier molecular flexibility index (Phi) is 3.59. The Morgan fingerprint density at radius 1 is 1.53 bits per heavy atom. The van der Waals surface area contributed by atoms with Crippen molar-refractivity contribution in [2.45, 2.75) is 18.9 Å². The lowest BCUT2D eigenvalue weighted by Crippen LogP contribution is -2.18. The minimum atomic E-state index is -0.232. The third kappa shape index (κ3) is 2.92. The number of anilines is 1. The summed E-state index contributed by atoms with van der Waals surface area (Å²) in [6, 6.07) is 4.63. The summed E-state index contributed by atoms with van der Waals surface area (Å²) >= 11 is 3.31. The number of hydrogen-bond acceptors (Lipinski definition) is 2. The van der Waals surface area contributed by atoms with Crippen LogP contribution in [0.5, 0.6) is 0 Å². The molecule has 82 valence electrons. The molecule has 1 aliphatic heterocycles. The van der Waals surface area contributed by atoms with Crippen molar-refractivity contribution in [1.82, 2.24) is 0 Å². The first kappa shape index (κ1) is 10.9. The molecule has 1 aromatic carbocycles. The lowest BCUT2D eigenvalue weighted by molar-refractivity contribution is 0.120. The van der Waals surface area contributed by atoms with Crippen LogP contribution in [-0.4, -0.2) is 19.3 Å². The summed E-state index contributed by atoms with van der Waals surface area (Å²) in [5.41, 5.74) is 0.909. The zero-order valence-electron chi connectivity index (χ0n) is 8.30. The summed E-state index contributed by atoms with van der Waals surface area (Å²) in [6.07, 6.45) is 2.53. The second-order valence-electron chi connectivity index (χ2n) is 3.64. The summed E-state index contributed by atoms with van der Waals surface area (Å²) in [5, 5.41) is 3.24. The maximum absolute atomic E-state index is 12.8. The molecule has 4 heteroatoms. The molecular formula is C11H13BrFNO. The minimum Gasteiger partial charge on any atom is -0.382 e. The average molecular weight is 274 g/mol. The SMILES string of the molecule is Fc1ccc(NCC2CCCO2)c(Br)c1. The van der Waals surface area contributed by atoms with E-state index in [0.717, 1.165) is 36.2 Å². The molecule has 2 nitrogen and oxygen atoms in total. The fraction of sp³-hybridized carbons (Fsp3) is 0.455. The molecule has 1 fully saturated rings. The van der Waals surface area contributed by atoms with Crippen LogP contribution in [0.25, 0.3) is 0 Å². The molecule has 0 saturated carbocycles. The van der Waals surface area contributed by atoms with Crippen molar-refractivity contribution in [1.29, 1.82) is 0 Å². The molecule has 2 rings (SSSR count). The standard InChI is InChI=1S/C11H13BrFNO/c12-10-6-8(13)3-4-11(10)14-7-9-2-1-5-15-9/h3-4,6,9,14H,1-2,5,7H2. The lowest BCUT2D eigenvalue weighted by atomic mass is 10.2. The van der Waals surface area contributed by atoms with Crippen LogP contribution in [0.2, 0.25) is 0 Å². The van der Waals surface area contributed by atoms with Crippen LogP contribution >= 0.6 is 15.9 Å². The van der Waals surface area contributed by atoms with Crippen molar-refractivity contribution < 1.29 is 9.13 Å². The zero-order valence-corrected chi connectivity index (χ0v) is 9.89. The quantitative estimate of drug-likeness (QED) is 0.914. The monoisotopic (exact) mass is 273 g/mol. The molecule has 1 N–H and O–H groups in total. The fourth-order valence-electron chi connectivity index (χ4n) is 1.66. The second kappa shape index (κ2) is 4.94. The third-order valence-electron chi connectivity index (χ3n) is 2.48. The van der Waals surface area contributed by atoms with Gasteiger partial charge in [0.25, 0.3) is 0 Å². The minimum absolute atomic E-state index is 0.232. The number of nitrogens with one attached hydrogen (secondary N) is 1. The van der Waals surface area contributed by atoms with E-state index >= 15 is 0 Å². The largest absolute Gasteiger partial charge is 0.382 e. The van der Waals surface area contributed by atoms with E-state index in [9.17, 15) is 4.39 Å². The van der Waals surface area contributed by atoms with Gasteiger partial charge in [-0.25, -0.2) is 4.39 Å². The van der Waals surface area contributed by atoms with E-state index in [1.807, 2.05) is 0 Å². The molecule has 0 spiro atoms. The van der Waals surface area contributed by atoms with Gasteiger partial charge in [0.05, 0.1) is 6.10 Å². The molecule has 1 aliphatic rings. The fourth-order valence-corrected chi connectivity index (χ4v) is 2.15. The van der Waals surface area contributed by atoms with Gasteiger partial charge in [-0.15, -0.1) is 0 Å². The van der Waals surface area contributed by atoms with E-state index in [1.165, 1.54) is 12.1 Å². The maximum Gasteiger partial charge on any atom is 0.124 e. The second-order valence-corrected chi connectivity index (χ2v) is 4.49. The number of rotatable bonds is 3. The molecule has 0 amide bonds. The number of benzene rings is 1. The van der Waals surface area contributed by atoms with Gasteiger partial charge in [-0.1, -0.05) is 0 Å². The van der Waals surface area contributed by atoms with E-state index in [-0.39, 0.29) is 5.82 Å². The highest BCUT2D eigenvalue weighted by Gasteiger charge is 2.15. The molecule has 0 aliphatic carbocycles. The van der Waals surface area contributed by atoms with Crippen molar-refractivity contribution in [3.05, 3.63) is 28.5 Å². The summed E-state index contributed by atoms with van der Waals surface area (Å²) < 4.78 is 19.0. The van der Waals surface area contributed by atoms with Crippen LogP contribution in [0, 0.1) is 5.82 Å². The Morgan fingerprint density at radius 3 is 3.07 bits per heavy atom. The Hall–Kier alpha value is -0.610. The Balaban J connectivity index is 1.92. The van der Waals surface area contributed by atoms with Gasteiger partial charge in [-0.05, 0) is 47.0 Å². The molecule has 0 aromatic heterocycles. The third-order valence-corrected chi connectivity index (χ3v) is 3.13. The van der Waals surface area contributed by atoms with Crippen LogP contribution in [0.3, 0.4) is 0 Å². The summed E-state index contributed by atoms with van der Waals surface area (Å²) in [5.74, 6) is -0.232. The van der Waals surface area contributed by atoms with E-state index in [2.05, 4.69) is 21.2 Å². The Morgan fingerprint density at radius 2 is 2.40 bits per heavy atom. The molecule has 1 heterocycles. The highest BCUT2D eigenvalue weighted by atomic mass is 79.9. The van der Waals surface area contributed by atoms with Gasteiger partial charge in [0.15, 0.2) is 0 Å². The molecule has 1 aromatic rings.